The summed E-state index contributed by atoms with van der Waals surface area (Å²) in [4.78, 5) is 0. The highest BCUT2D eigenvalue weighted by Gasteiger charge is 2.12. The molecule has 126 valence electrons. The van der Waals surface area contributed by atoms with Gasteiger partial charge in [-0.3, -0.25) is 0 Å². The van der Waals surface area contributed by atoms with Crippen molar-refractivity contribution in [3.05, 3.63) is 64.9 Å². The normalized spacial score (nSPS) is 12.4. The minimum absolute atomic E-state index is 0.0101. The number of thiophene rings is 1. The number of benzene rings is 1. The summed E-state index contributed by atoms with van der Waals surface area (Å²) in [6.07, 6.45) is 0. The first-order chi connectivity index (χ1) is 12.3. The largest absolute Gasteiger partial charge is 0.396 e. The number of hydrogen-bond donors (Lipinski definition) is 2. The number of aliphatic hydroxyl groups is 1. The van der Waals surface area contributed by atoms with Crippen LogP contribution in [0.15, 0.2) is 59.3 Å². The third kappa shape index (κ3) is 3.24. The summed E-state index contributed by atoms with van der Waals surface area (Å²) in [5.41, 5.74) is 2.80. The molecule has 0 amide bonds. The first-order valence-electron chi connectivity index (χ1n) is 8.00. The molecule has 0 saturated carbocycles. The standard InChI is InChI=1S/C18H17N5OS/c24-11-15(13-4-2-1-3-5-13)10-19-16-6-7-17-20-21-18(23(17)22-16)14-8-9-25-12-14/h1-9,12,15,24H,10-11H2,(H,19,22). The van der Waals surface area contributed by atoms with Crippen LogP contribution in [0.25, 0.3) is 17.0 Å². The Morgan fingerprint density at radius 1 is 1.08 bits per heavy atom. The molecule has 3 heterocycles. The highest BCUT2D eigenvalue weighted by Crippen LogP contribution is 2.21. The first-order valence-corrected chi connectivity index (χ1v) is 8.94. The van der Waals surface area contributed by atoms with E-state index in [-0.39, 0.29) is 12.5 Å². The van der Waals surface area contributed by atoms with E-state index in [0.717, 1.165) is 22.8 Å². The van der Waals surface area contributed by atoms with Crippen LogP contribution < -0.4 is 5.32 Å². The molecular weight excluding hydrogens is 334 g/mol. The van der Waals surface area contributed by atoms with Crippen molar-refractivity contribution in [2.45, 2.75) is 5.92 Å². The molecule has 0 radical (unpaired) electrons. The van der Waals surface area contributed by atoms with Crippen molar-refractivity contribution in [1.29, 1.82) is 0 Å². The molecule has 25 heavy (non-hydrogen) atoms. The van der Waals surface area contributed by atoms with E-state index in [1.807, 2.05) is 59.3 Å². The maximum absolute atomic E-state index is 9.68. The second-order valence-corrected chi connectivity index (χ2v) is 6.48. The van der Waals surface area contributed by atoms with Crippen molar-refractivity contribution >= 4 is 22.8 Å². The van der Waals surface area contributed by atoms with Crippen molar-refractivity contribution in [1.82, 2.24) is 19.8 Å². The van der Waals surface area contributed by atoms with Gasteiger partial charge >= 0.3 is 0 Å². The summed E-state index contributed by atoms with van der Waals surface area (Å²) in [7, 11) is 0. The Labute approximate surface area is 148 Å². The van der Waals surface area contributed by atoms with Crippen LogP contribution in [0, 0.1) is 0 Å². The van der Waals surface area contributed by atoms with Gasteiger partial charge in [-0.2, -0.15) is 15.9 Å². The Kier molecular flexibility index (Phi) is 4.41. The molecule has 0 aliphatic rings. The number of hydrogen-bond acceptors (Lipinski definition) is 6. The predicted octanol–water partition coefficient (Wildman–Crippen LogP) is 3.04. The fraction of sp³-hybridized carbons (Fsp3) is 0.167. The second kappa shape index (κ2) is 7.00. The monoisotopic (exact) mass is 351 g/mol. The third-order valence-corrected chi connectivity index (χ3v) is 4.75. The van der Waals surface area contributed by atoms with Crippen LogP contribution in [0.2, 0.25) is 0 Å². The lowest BCUT2D eigenvalue weighted by atomic mass is 10.0. The lowest BCUT2D eigenvalue weighted by Gasteiger charge is -2.15. The molecule has 0 aliphatic carbocycles. The molecular formula is C18H17N5OS. The average Bonchev–Trinajstić information content (AvgIpc) is 3.32. The maximum atomic E-state index is 9.68. The van der Waals surface area contributed by atoms with Gasteiger partial charge in [0.2, 0.25) is 0 Å². The van der Waals surface area contributed by atoms with Gasteiger partial charge in [-0.05, 0) is 29.1 Å². The van der Waals surface area contributed by atoms with Crippen LogP contribution in [-0.2, 0) is 0 Å². The molecule has 0 fully saturated rings. The van der Waals surface area contributed by atoms with Gasteiger partial charge in [-0.25, -0.2) is 0 Å². The van der Waals surface area contributed by atoms with Crippen molar-refractivity contribution in [2.75, 3.05) is 18.5 Å². The molecule has 2 N–H and O–H groups in total. The molecule has 1 aromatic carbocycles. The van der Waals surface area contributed by atoms with Crippen molar-refractivity contribution in [2.24, 2.45) is 0 Å². The van der Waals surface area contributed by atoms with Gasteiger partial charge in [-0.15, -0.1) is 15.3 Å². The summed E-state index contributed by atoms with van der Waals surface area (Å²) in [5, 5.41) is 30.0. The Hall–Kier alpha value is -2.77. The fourth-order valence-electron chi connectivity index (χ4n) is 2.70. The lowest BCUT2D eigenvalue weighted by molar-refractivity contribution is 0.270. The Bertz CT molecular complexity index is 952. The molecule has 7 heteroatoms. The quantitative estimate of drug-likeness (QED) is 0.558. The number of fused-ring (bicyclic) bond motifs is 1. The fourth-order valence-corrected chi connectivity index (χ4v) is 3.33. The minimum Gasteiger partial charge on any atom is -0.396 e. The highest BCUT2D eigenvalue weighted by atomic mass is 32.1. The van der Waals surface area contributed by atoms with E-state index in [1.165, 1.54) is 0 Å². The van der Waals surface area contributed by atoms with Crippen LogP contribution in [0.4, 0.5) is 5.82 Å². The SMILES string of the molecule is OCC(CNc1ccc2nnc(-c3ccsc3)n2n1)c1ccccc1. The molecule has 1 unspecified atom stereocenters. The molecule has 0 saturated heterocycles. The van der Waals surface area contributed by atoms with E-state index in [1.54, 1.807) is 15.9 Å². The van der Waals surface area contributed by atoms with E-state index >= 15 is 0 Å². The van der Waals surface area contributed by atoms with Crippen LogP contribution in [-0.4, -0.2) is 38.1 Å². The molecule has 4 aromatic rings. The summed E-state index contributed by atoms with van der Waals surface area (Å²) >= 11 is 1.61. The third-order valence-electron chi connectivity index (χ3n) is 4.06. The average molecular weight is 351 g/mol. The second-order valence-electron chi connectivity index (χ2n) is 5.70. The summed E-state index contributed by atoms with van der Waals surface area (Å²) in [6, 6.07) is 15.7. The van der Waals surface area contributed by atoms with Gasteiger partial charge in [0.1, 0.15) is 5.82 Å². The Morgan fingerprint density at radius 3 is 2.72 bits per heavy atom. The van der Waals surface area contributed by atoms with Crippen LogP contribution >= 0.6 is 11.3 Å². The number of nitrogens with zero attached hydrogens (tertiary/aromatic N) is 4. The first kappa shape index (κ1) is 15.7. The highest BCUT2D eigenvalue weighted by molar-refractivity contribution is 7.08. The summed E-state index contributed by atoms with van der Waals surface area (Å²) in [6.45, 7) is 0.668. The van der Waals surface area contributed by atoms with Crippen molar-refractivity contribution < 1.29 is 5.11 Å². The summed E-state index contributed by atoms with van der Waals surface area (Å²) < 4.78 is 1.74. The predicted molar refractivity (Wildman–Crippen MR) is 98.9 cm³/mol. The van der Waals surface area contributed by atoms with E-state index < -0.39 is 0 Å². The number of anilines is 1. The number of nitrogens with one attached hydrogen (secondary N) is 1. The van der Waals surface area contributed by atoms with Gasteiger partial charge in [-0.1, -0.05) is 30.3 Å². The topological polar surface area (TPSA) is 75.3 Å². The molecule has 6 nitrogen and oxygen atoms in total. The van der Waals surface area contributed by atoms with Gasteiger partial charge in [0.25, 0.3) is 0 Å². The summed E-state index contributed by atoms with van der Waals surface area (Å²) in [5.74, 6) is 1.45. The van der Waals surface area contributed by atoms with E-state index in [2.05, 4.69) is 20.6 Å². The zero-order valence-corrected chi connectivity index (χ0v) is 14.2. The van der Waals surface area contributed by atoms with E-state index in [4.69, 9.17) is 0 Å². The molecule has 0 bridgehead atoms. The van der Waals surface area contributed by atoms with Gasteiger partial charge in [0.15, 0.2) is 11.5 Å². The van der Waals surface area contributed by atoms with Gasteiger partial charge in [0, 0.05) is 23.4 Å². The lowest BCUT2D eigenvalue weighted by Crippen LogP contribution is -2.17. The Morgan fingerprint density at radius 2 is 1.96 bits per heavy atom. The minimum atomic E-state index is 0.0101. The molecule has 1 atom stereocenters. The maximum Gasteiger partial charge on any atom is 0.186 e. The van der Waals surface area contributed by atoms with E-state index in [0.29, 0.717) is 12.2 Å². The van der Waals surface area contributed by atoms with Crippen LogP contribution in [0.5, 0.6) is 0 Å². The smallest absolute Gasteiger partial charge is 0.186 e. The molecule has 0 aliphatic heterocycles. The van der Waals surface area contributed by atoms with Crippen molar-refractivity contribution in [3.8, 4) is 11.4 Å². The van der Waals surface area contributed by atoms with Crippen LogP contribution in [0.3, 0.4) is 0 Å². The number of aromatic nitrogens is 4. The van der Waals surface area contributed by atoms with Crippen molar-refractivity contribution in [3.63, 3.8) is 0 Å². The zero-order chi connectivity index (χ0) is 17.1. The zero-order valence-electron chi connectivity index (χ0n) is 13.4. The van der Waals surface area contributed by atoms with Crippen LogP contribution in [0.1, 0.15) is 11.5 Å². The number of aliphatic hydroxyl groups excluding tert-OH is 1. The van der Waals surface area contributed by atoms with Gasteiger partial charge in [0.05, 0.1) is 6.61 Å². The van der Waals surface area contributed by atoms with Gasteiger partial charge < -0.3 is 10.4 Å². The molecule has 0 spiro atoms. The molecule has 3 aromatic heterocycles. The Balaban J connectivity index is 1.56. The number of rotatable bonds is 6. The molecule has 4 rings (SSSR count). The van der Waals surface area contributed by atoms with E-state index in [9.17, 15) is 5.11 Å².